The van der Waals surface area contributed by atoms with Gasteiger partial charge in [-0.25, -0.2) is 14.7 Å². The maximum Gasteiger partial charge on any atom is 0.335 e. The van der Waals surface area contributed by atoms with E-state index in [4.69, 9.17) is 5.11 Å². The molecule has 0 aliphatic carbocycles. The van der Waals surface area contributed by atoms with Crippen molar-refractivity contribution in [1.82, 2.24) is 4.98 Å². The highest BCUT2D eigenvalue weighted by Gasteiger charge is 2.37. The van der Waals surface area contributed by atoms with E-state index in [9.17, 15) is 14.4 Å². The summed E-state index contributed by atoms with van der Waals surface area (Å²) in [5.41, 5.74) is -0.00449. The Hall–Kier alpha value is -2.24. The van der Waals surface area contributed by atoms with E-state index in [2.05, 4.69) is 4.98 Å². The highest BCUT2D eigenvalue weighted by atomic mass is 16.4. The number of pyridine rings is 1. The summed E-state index contributed by atoms with van der Waals surface area (Å²) in [6.07, 6.45) is 1.40. The largest absolute Gasteiger partial charge is 0.478 e. The molecule has 0 saturated carbocycles. The summed E-state index contributed by atoms with van der Waals surface area (Å²) in [4.78, 5) is 38.9. The van der Waals surface area contributed by atoms with Crippen LogP contribution in [-0.4, -0.2) is 27.9 Å². The number of carboxylic acids is 1. The molecule has 1 saturated heterocycles. The monoisotopic (exact) mass is 234 g/mol. The second-order valence-electron chi connectivity index (χ2n) is 3.88. The highest BCUT2D eigenvalue weighted by Crippen LogP contribution is 2.24. The molecular weight excluding hydrogens is 224 g/mol. The molecule has 1 atom stereocenters. The first-order chi connectivity index (χ1) is 8.00. The lowest BCUT2D eigenvalue weighted by Gasteiger charge is -2.13. The zero-order valence-corrected chi connectivity index (χ0v) is 9.08. The zero-order chi connectivity index (χ0) is 12.6. The van der Waals surface area contributed by atoms with Gasteiger partial charge in [0.25, 0.3) is 0 Å². The Kier molecular flexibility index (Phi) is 2.63. The van der Waals surface area contributed by atoms with Gasteiger partial charge >= 0.3 is 5.97 Å². The topological polar surface area (TPSA) is 87.6 Å². The van der Waals surface area contributed by atoms with E-state index < -0.39 is 5.97 Å². The van der Waals surface area contributed by atoms with Gasteiger partial charge in [-0.15, -0.1) is 0 Å². The van der Waals surface area contributed by atoms with Gasteiger partial charge in [-0.05, 0) is 12.1 Å². The number of hydrogen-bond donors (Lipinski definition) is 1. The number of imide groups is 1. The van der Waals surface area contributed by atoms with Crippen LogP contribution >= 0.6 is 0 Å². The first kappa shape index (κ1) is 11.3. The van der Waals surface area contributed by atoms with Crippen LogP contribution < -0.4 is 4.90 Å². The van der Waals surface area contributed by atoms with E-state index in [-0.39, 0.29) is 35.5 Å². The molecule has 0 bridgehead atoms. The van der Waals surface area contributed by atoms with Gasteiger partial charge in [0, 0.05) is 18.5 Å². The lowest BCUT2D eigenvalue weighted by Crippen LogP contribution is -2.31. The molecular formula is C11H10N2O4. The lowest BCUT2D eigenvalue weighted by molar-refractivity contribution is -0.122. The summed E-state index contributed by atoms with van der Waals surface area (Å²) < 4.78 is 0. The number of rotatable bonds is 2. The number of aromatic carboxylic acids is 1. The van der Waals surface area contributed by atoms with Crippen molar-refractivity contribution in [2.75, 3.05) is 4.90 Å². The SMILES string of the molecule is CC1CC(=O)N(c2cc(C(=O)O)ccn2)C1=O. The van der Waals surface area contributed by atoms with Gasteiger partial charge in [-0.2, -0.15) is 0 Å². The van der Waals surface area contributed by atoms with Crippen LogP contribution in [0.3, 0.4) is 0 Å². The van der Waals surface area contributed by atoms with Crippen molar-refractivity contribution in [3.05, 3.63) is 23.9 Å². The third-order valence-electron chi connectivity index (χ3n) is 2.59. The molecule has 2 heterocycles. The molecule has 1 aromatic heterocycles. The Morgan fingerprint density at radius 2 is 2.24 bits per heavy atom. The summed E-state index contributed by atoms with van der Waals surface area (Å²) >= 11 is 0. The van der Waals surface area contributed by atoms with Gasteiger partial charge in [-0.1, -0.05) is 6.92 Å². The van der Waals surface area contributed by atoms with Crippen molar-refractivity contribution >= 4 is 23.6 Å². The maximum absolute atomic E-state index is 11.7. The van der Waals surface area contributed by atoms with Crippen LogP contribution in [0, 0.1) is 5.92 Å². The van der Waals surface area contributed by atoms with Crippen LogP contribution in [0.25, 0.3) is 0 Å². The van der Waals surface area contributed by atoms with E-state index in [0.717, 1.165) is 4.90 Å². The molecule has 0 spiro atoms. The Morgan fingerprint density at radius 1 is 1.53 bits per heavy atom. The number of aromatic nitrogens is 1. The Morgan fingerprint density at radius 3 is 2.76 bits per heavy atom. The minimum absolute atomic E-state index is 0.00449. The van der Waals surface area contributed by atoms with Crippen LogP contribution in [0.1, 0.15) is 23.7 Å². The molecule has 1 aliphatic rings. The number of amides is 2. The first-order valence-corrected chi connectivity index (χ1v) is 5.07. The van der Waals surface area contributed by atoms with E-state index in [1.54, 1.807) is 6.92 Å². The van der Waals surface area contributed by atoms with Gasteiger partial charge in [0.1, 0.15) is 5.82 Å². The number of carbonyl (C=O) groups excluding carboxylic acids is 2. The molecule has 17 heavy (non-hydrogen) atoms. The summed E-state index contributed by atoms with van der Waals surface area (Å²) in [5, 5.41) is 8.82. The minimum Gasteiger partial charge on any atom is -0.478 e. The van der Waals surface area contributed by atoms with Crippen molar-refractivity contribution in [2.45, 2.75) is 13.3 Å². The van der Waals surface area contributed by atoms with Crippen LogP contribution in [0.2, 0.25) is 0 Å². The summed E-state index contributed by atoms with van der Waals surface area (Å²) in [6, 6.07) is 2.52. The molecule has 1 aliphatic heterocycles. The van der Waals surface area contributed by atoms with Gasteiger partial charge in [0.2, 0.25) is 11.8 Å². The summed E-state index contributed by atoms with van der Waals surface area (Å²) in [5.74, 6) is -2.12. The number of carboxylic acid groups (broad SMARTS) is 1. The fraction of sp³-hybridized carbons (Fsp3) is 0.273. The minimum atomic E-state index is -1.12. The van der Waals surface area contributed by atoms with Crippen molar-refractivity contribution in [1.29, 1.82) is 0 Å². The average Bonchev–Trinajstić information content (AvgIpc) is 2.53. The number of carbonyl (C=O) groups is 3. The van der Waals surface area contributed by atoms with Crippen LogP contribution in [0.15, 0.2) is 18.3 Å². The van der Waals surface area contributed by atoms with Crippen molar-refractivity contribution in [3.8, 4) is 0 Å². The van der Waals surface area contributed by atoms with Crippen molar-refractivity contribution < 1.29 is 19.5 Å². The second kappa shape index (κ2) is 3.97. The molecule has 1 fully saturated rings. The summed E-state index contributed by atoms with van der Waals surface area (Å²) in [7, 11) is 0. The third-order valence-corrected chi connectivity index (χ3v) is 2.59. The standard InChI is InChI=1S/C11H10N2O4/c1-6-4-9(14)13(10(6)15)8-5-7(11(16)17)2-3-12-8/h2-3,5-6H,4H2,1H3,(H,16,17). The molecule has 1 N–H and O–H groups in total. The molecule has 6 heteroatoms. The van der Waals surface area contributed by atoms with Crippen molar-refractivity contribution in [2.24, 2.45) is 5.92 Å². The van der Waals surface area contributed by atoms with E-state index in [1.807, 2.05) is 0 Å². The molecule has 0 radical (unpaired) electrons. The van der Waals surface area contributed by atoms with Crippen molar-refractivity contribution in [3.63, 3.8) is 0 Å². The Labute approximate surface area is 96.9 Å². The molecule has 6 nitrogen and oxygen atoms in total. The number of nitrogens with zero attached hydrogens (tertiary/aromatic N) is 2. The smallest absolute Gasteiger partial charge is 0.335 e. The fourth-order valence-corrected chi connectivity index (χ4v) is 1.70. The molecule has 1 unspecified atom stereocenters. The molecule has 0 aromatic carbocycles. The zero-order valence-electron chi connectivity index (χ0n) is 9.08. The predicted molar refractivity (Wildman–Crippen MR) is 57.5 cm³/mol. The van der Waals surface area contributed by atoms with Gasteiger partial charge in [-0.3, -0.25) is 9.59 Å². The number of hydrogen-bond acceptors (Lipinski definition) is 4. The third kappa shape index (κ3) is 1.89. The second-order valence-corrected chi connectivity index (χ2v) is 3.88. The highest BCUT2D eigenvalue weighted by molar-refractivity contribution is 6.20. The molecule has 2 amide bonds. The van der Waals surface area contributed by atoms with Crippen LogP contribution in [-0.2, 0) is 9.59 Å². The Balaban J connectivity index is 2.40. The first-order valence-electron chi connectivity index (χ1n) is 5.07. The molecule has 1 aromatic rings. The van der Waals surface area contributed by atoms with Crippen LogP contribution in [0.5, 0.6) is 0 Å². The van der Waals surface area contributed by atoms with Crippen LogP contribution in [0.4, 0.5) is 5.82 Å². The maximum atomic E-state index is 11.7. The van der Waals surface area contributed by atoms with E-state index >= 15 is 0 Å². The fourth-order valence-electron chi connectivity index (χ4n) is 1.70. The normalized spacial score (nSPS) is 19.8. The lowest BCUT2D eigenvalue weighted by atomic mass is 10.1. The molecule has 88 valence electrons. The van der Waals surface area contributed by atoms with Gasteiger partial charge in [0.15, 0.2) is 0 Å². The van der Waals surface area contributed by atoms with Gasteiger partial charge in [0.05, 0.1) is 5.56 Å². The Bertz CT molecular complexity index is 512. The quantitative estimate of drug-likeness (QED) is 0.760. The summed E-state index contributed by atoms with van der Waals surface area (Å²) in [6.45, 7) is 1.65. The predicted octanol–water partition coefficient (Wildman–Crippen LogP) is 0.679. The molecule has 2 rings (SSSR count). The van der Waals surface area contributed by atoms with E-state index in [1.165, 1.54) is 18.3 Å². The van der Waals surface area contributed by atoms with Gasteiger partial charge < -0.3 is 5.11 Å². The number of anilines is 1. The average molecular weight is 234 g/mol. The van der Waals surface area contributed by atoms with E-state index in [0.29, 0.717) is 0 Å².